The molecule has 0 atom stereocenters. The van der Waals surface area contributed by atoms with Crippen molar-refractivity contribution < 1.29 is 4.74 Å². The third-order valence-electron chi connectivity index (χ3n) is 4.42. The molecule has 2 bridgehead atoms. The lowest BCUT2D eigenvalue weighted by Gasteiger charge is -2.39. The van der Waals surface area contributed by atoms with E-state index in [-0.39, 0.29) is 0 Å². The first-order valence-electron chi connectivity index (χ1n) is 7.05. The molecule has 0 amide bonds. The Morgan fingerprint density at radius 2 is 2.10 bits per heavy atom. The molecule has 3 aliphatic rings. The number of nitrogen functional groups attached to an aromatic ring is 1. The molecule has 3 aliphatic heterocycles. The Morgan fingerprint density at radius 1 is 1.30 bits per heavy atom. The van der Waals surface area contributed by atoms with Crippen molar-refractivity contribution in [3.63, 3.8) is 0 Å². The van der Waals surface area contributed by atoms with Crippen LogP contribution in [-0.2, 0) is 0 Å². The maximum absolute atomic E-state index is 6.35. The summed E-state index contributed by atoms with van der Waals surface area (Å²) in [5, 5.41) is 4.77. The molecule has 0 spiro atoms. The molecule has 2 aromatic rings. The van der Waals surface area contributed by atoms with E-state index in [2.05, 4.69) is 4.90 Å². The number of ether oxygens (including phenoxy) is 1. The first-order valence-corrected chi connectivity index (χ1v) is 7.05. The SMILES string of the molecule is COc1cccc(-n2nc3c(c2N)N2CCC3CC2)c1. The average molecular weight is 270 g/mol. The van der Waals surface area contributed by atoms with Crippen molar-refractivity contribution in [1.82, 2.24) is 9.78 Å². The highest BCUT2D eigenvalue weighted by atomic mass is 16.5. The maximum atomic E-state index is 6.35. The van der Waals surface area contributed by atoms with Crippen molar-refractivity contribution in [2.45, 2.75) is 18.8 Å². The van der Waals surface area contributed by atoms with E-state index in [4.69, 9.17) is 15.6 Å². The van der Waals surface area contributed by atoms with Crippen LogP contribution in [-0.4, -0.2) is 30.0 Å². The van der Waals surface area contributed by atoms with Gasteiger partial charge < -0.3 is 15.4 Å². The van der Waals surface area contributed by atoms with E-state index in [1.54, 1.807) is 7.11 Å². The van der Waals surface area contributed by atoms with Gasteiger partial charge in [-0.05, 0) is 25.0 Å². The molecule has 0 unspecified atom stereocenters. The van der Waals surface area contributed by atoms with E-state index in [1.807, 2.05) is 28.9 Å². The molecule has 104 valence electrons. The van der Waals surface area contributed by atoms with E-state index in [1.165, 1.54) is 18.5 Å². The van der Waals surface area contributed by atoms with Gasteiger partial charge in [-0.2, -0.15) is 5.10 Å². The summed E-state index contributed by atoms with van der Waals surface area (Å²) in [5.41, 5.74) is 9.63. The number of nitrogens with zero attached hydrogens (tertiary/aromatic N) is 3. The van der Waals surface area contributed by atoms with Crippen LogP contribution in [0.25, 0.3) is 5.69 Å². The molecule has 1 aromatic heterocycles. The number of rotatable bonds is 2. The van der Waals surface area contributed by atoms with Crippen molar-refractivity contribution >= 4 is 11.5 Å². The summed E-state index contributed by atoms with van der Waals surface area (Å²) in [7, 11) is 1.67. The number of hydrogen-bond donors (Lipinski definition) is 1. The molecular weight excluding hydrogens is 252 g/mol. The largest absolute Gasteiger partial charge is 0.497 e. The zero-order valence-corrected chi connectivity index (χ0v) is 11.5. The molecule has 0 saturated carbocycles. The molecule has 1 fully saturated rings. The Balaban J connectivity index is 1.86. The second-order valence-corrected chi connectivity index (χ2v) is 5.49. The van der Waals surface area contributed by atoms with Crippen LogP contribution in [0.2, 0.25) is 0 Å². The van der Waals surface area contributed by atoms with Crippen LogP contribution in [0, 0.1) is 0 Å². The van der Waals surface area contributed by atoms with Crippen molar-refractivity contribution in [2.75, 3.05) is 30.8 Å². The number of aromatic nitrogens is 2. The second-order valence-electron chi connectivity index (χ2n) is 5.49. The Kier molecular flexibility index (Phi) is 2.42. The highest BCUT2D eigenvalue weighted by molar-refractivity contribution is 5.72. The predicted molar refractivity (Wildman–Crippen MR) is 78.7 cm³/mol. The van der Waals surface area contributed by atoms with Crippen LogP contribution >= 0.6 is 0 Å². The Labute approximate surface area is 117 Å². The van der Waals surface area contributed by atoms with Crippen LogP contribution in [0.4, 0.5) is 11.5 Å². The summed E-state index contributed by atoms with van der Waals surface area (Å²) in [6.45, 7) is 2.21. The molecule has 1 aromatic carbocycles. The van der Waals surface area contributed by atoms with Gasteiger partial charge in [0.2, 0.25) is 0 Å². The molecule has 1 saturated heterocycles. The number of fused-ring (bicyclic) bond motifs is 2. The lowest BCUT2D eigenvalue weighted by molar-refractivity contribution is 0.414. The van der Waals surface area contributed by atoms with Gasteiger partial charge in [-0.1, -0.05) is 6.07 Å². The average Bonchev–Trinajstić information content (AvgIpc) is 2.88. The van der Waals surface area contributed by atoms with Crippen LogP contribution in [0.1, 0.15) is 24.5 Å². The van der Waals surface area contributed by atoms with Gasteiger partial charge >= 0.3 is 0 Å². The quantitative estimate of drug-likeness (QED) is 0.908. The smallest absolute Gasteiger partial charge is 0.151 e. The standard InChI is InChI=1S/C15H18N4O/c1-20-12-4-2-3-11(9-12)19-15(16)14-13(17-19)10-5-7-18(14)8-6-10/h2-4,9-10H,5-8,16H2,1H3. The molecule has 4 heterocycles. The van der Waals surface area contributed by atoms with Crippen LogP contribution in [0.15, 0.2) is 24.3 Å². The molecule has 2 N–H and O–H groups in total. The molecular formula is C15H18N4O. The fraction of sp³-hybridized carbons (Fsp3) is 0.400. The summed E-state index contributed by atoms with van der Waals surface area (Å²) >= 11 is 0. The number of nitrogens with two attached hydrogens (primary N) is 1. The van der Waals surface area contributed by atoms with E-state index in [9.17, 15) is 0 Å². The third-order valence-corrected chi connectivity index (χ3v) is 4.42. The number of anilines is 2. The lowest BCUT2D eigenvalue weighted by atomic mass is 9.87. The van der Waals surface area contributed by atoms with E-state index in [0.717, 1.165) is 36.0 Å². The lowest BCUT2D eigenvalue weighted by Crippen LogP contribution is -2.38. The fourth-order valence-electron chi connectivity index (χ4n) is 3.36. The Hall–Kier alpha value is -2.17. The van der Waals surface area contributed by atoms with Gasteiger partial charge in [0, 0.05) is 25.1 Å². The molecule has 0 aliphatic carbocycles. The number of piperidine rings is 1. The maximum Gasteiger partial charge on any atom is 0.151 e. The fourth-order valence-corrected chi connectivity index (χ4v) is 3.36. The summed E-state index contributed by atoms with van der Waals surface area (Å²) in [6, 6.07) is 7.86. The van der Waals surface area contributed by atoms with Gasteiger partial charge in [-0.3, -0.25) is 0 Å². The first-order chi connectivity index (χ1) is 9.78. The van der Waals surface area contributed by atoms with Crippen LogP contribution in [0.5, 0.6) is 5.75 Å². The minimum atomic E-state index is 0.573. The molecule has 5 nitrogen and oxygen atoms in total. The van der Waals surface area contributed by atoms with Gasteiger partial charge in [-0.15, -0.1) is 0 Å². The van der Waals surface area contributed by atoms with E-state index in [0.29, 0.717) is 5.92 Å². The van der Waals surface area contributed by atoms with Crippen molar-refractivity contribution in [2.24, 2.45) is 0 Å². The predicted octanol–water partition coefficient (Wildman–Crippen LogP) is 2.16. The van der Waals surface area contributed by atoms with E-state index >= 15 is 0 Å². The minimum absolute atomic E-state index is 0.573. The normalized spacial score (nSPS) is 17.4. The minimum Gasteiger partial charge on any atom is -0.497 e. The third kappa shape index (κ3) is 1.52. The second kappa shape index (κ2) is 4.16. The first kappa shape index (κ1) is 11.6. The zero-order valence-electron chi connectivity index (χ0n) is 11.5. The van der Waals surface area contributed by atoms with Crippen LogP contribution < -0.4 is 15.4 Å². The molecule has 5 rings (SSSR count). The van der Waals surface area contributed by atoms with Crippen LogP contribution in [0.3, 0.4) is 0 Å². The number of hydrogen-bond acceptors (Lipinski definition) is 4. The Morgan fingerprint density at radius 3 is 2.80 bits per heavy atom. The molecule has 20 heavy (non-hydrogen) atoms. The van der Waals surface area contributed by atoms with Crippen molar-refractivity contribution in [1.29, 1.82) is 0 Å². The van der Waals surface area contributed by atoms with Gasteiger partial charge in [0.1, 0.15) is 11.4 Å². The van der Waals surface area contributed by atoms with Gasteiger partial charge in [0.25, 0.3) is 0 Å². The molecule has 5 heteroatoms. The van der Waals surface area contributed by atoms with Crippen molar-refractivity contribution in [3.8, 4) is 11.4 Å². The summed E-state index contributed by atoms with van der Waals surface area (Å²) in [5.74, 6) is 2.14. The highest BCUT2D eigenvalue weighted by Crippen LogP contribution is 2.45. The topological polar surface area (TPSA) is 56.3 Å². The Bertz CT molecular complexity index is 656. The van der Waals surface area contributed by atoms with E-state index < -0.39 is 0 Å². The highest BCUT2D eigenvalue weighted by Gasteiger charge is 2.36. The van der Waals surface area contributed by atoms with Gasteiger partial charge in [-0.25, -0.2) is 4.68 Å². The molecule has 0 radical (unpaired) electrons. The number of benzene rings is 1. The summed E-state index contributed by atoms with van der Waals surface area (Å²) in [6.07, 6.45) is 2.39. The number of methoxy groups -OCH3 is 1. The zero-order chi connectivity index (χ0) is 13.7. The van der Waals surface area contributed by atoms with Gasteiger partial charge in [0.15, 0.2) is 5.82 Å². The monoisotopic (exact) mass is 270 g/mol. The van der Waals surface area contributed by atoms with Gasteiger partial charge in [0.05, 0.1) is 18.5 Å². The van der Waals surface area contributed by atoms with Crippen molar-refractivity contribution in [3.05, 3.63) is 30.0 Å². The summed E-state index contributed by atoms with van der Waals surface area (Å²) < 4.78 is 7.13. The summed E-state index contributed by atoms with van der Waals surface area (Å²) in [4.78, 5) is 2.37.